The molecular weight excluding hydrogens is 508 g/mol. The van der Waals surface area contributed by atoms with E-state index in [0.717, 1.165) is 17.5 Å². The van der Waals surface area contributed by atoms with Crippen LogP contribution in [0.3, 0.4) is 0 Å². The van der Waals surface area contributed by atoms with Crippen LogP contribution in [-0.4, -0.2) is 62.8 Å². The van der Waals surface area contributed by atoms with Crippen LogP contribution >= 0.6 is 0 Å². The molecule has 1 saturated heterocycles. The first-order valence-electron chi connectivity index (χ1n) is 12.8. The smallest absolute Gasteiger partial charge is 0.332 e. The van der Waals surface area contributed by atoms with Crippen molar-refractivity contribution in [2.45, 2.75) is 38.1 Å². The van der Waals surface area contributed by atoms with Gasteiger partial charge < -0.3 is 9.64 Å². The minimum absolute atomic E-state index is 0.0381. The highest BCUT2D eigenvalue weighted by atomic mass is 19.1. The molecule has 1 aliphatic rings. The fourth-order valence-corrected chi connectivity index (χ4v) is 5.06. The number of benzene rings is 2. The molecule has 0 N–H and O–H groups in total. The van der Waals surface area contributed by atoms with Gasteiger partial charge in [-0.25, -0.2) is 13.6 Å². The van der Waals surface area contributed by atoms with Gasteiger partial charge in [-0.2, -0.15) is 5.10 Å². The van der Waals surface area contributed by atoms with Crippen molar-refractivity contribution in [1.82, 2.24) is 23.8 Å². The Hall–Kier alpha value is -4.28. The molecule has 4 aromatic rings. The average Bonchev–Trinajstić information content (AvgIpc) is 3.48. The number of nitrogens with zero attached hydrogens (tertiary/aromatic N) is 5. The van der Waals surface area contributed by atoms with Crippen molar-refractivity contribution >= 4 is 17.3 Å². The number of alkyl halides is 2. The standard InChI is InChI=1S/C28H29F2N5O4/c29-15-24(16-30)39-23-5-6-26-25(14-23)27(37)34(28(38)35(26)22-7-11-32(19-36)12-8-22)18-21-4-1-3-20(13-21)17-33-10-2-9-31-33/h1-6,9-10,13-14,19,22,24H,7-8,11-12,15-18H2. The summed E-state index contributed by atoms with van der Waals surface area (Å²) in [5.41, 5.74) is 1.18. The average molecular weight is 538 g/mol. The van der Waals surface area contributed by atoms with E-state index in [1.54, 1.807) is 26.4 Å². The Morgan fingerprint density at radius 1 is 1.00 bits per heavy atom. The predicted molar refractivity (Wildman–Crippen MR) is 142 cm³/mol. The molecule has 0 unspecified atom stereocenters. The van der Waals surface area contributed by atoms with Gasteiger partial charge in [-0.3, -0.25) is 23.4 Å². The number of piperidine rings is 1. The zero-order valence-electron chi connectivity index (χ0n) is 21.3. The molecule has 0 atom stereocenters. The van der Waals surface area contributed by atoms with Crippen LogP contribution in [0.15, 0.2) is 70.5 Å². The maximum Gasteiger partial charge on any atom is 0.332 e. The molecule has 1 aliphatic heterocycles. The van der Waals surface area contributed by atoms with Crippen LogP contribution < -0.4 is 16.0 Å². The van der Waals surface area contributed by atoms with Crippen LogP contribution in [0.1, 0.15) is 30.0 Å². The zero-order chi connectivity index (χ0) is 27.4. The third-order valence-corrected chi connectivity index (χ3v) is 7.04. The Morgan fingerprint density at radius 3 is 2.41 bits per heavy atom. The van der Waals surface area contributed by atoms with E-state index in [0.29, 0.717) is 38.0 Å². The minimum Gasteiger partial charge on any atom is -0.485 e. The van der Waals surface area contributed by atoms with Crippen LogP contribution in [0, 0.1) is 0 Å². The molecule has 0 radical (unpaired) electrons. The van der Waals surface area contributed by atoms with Gasteiger partial charge in [-0.1, -0.05) is 24.3 Å². The molecule has 5 rings (SSSR count). The van der Waals surface area contributed by atoms with Crippen LogP contribution in [-0.2, 0) is 17.9 Å². The molecular formula is C28H29F2N5O4. The Balaban J connectivity index is 1.58. The number of rotatable bonds is 10. The number of hydrogen-bond acceptors (Lipinski definition) is 5. The van der Waals surface area contributed by atoms with E-state index in [1.807, 2.05) is 36.5 Å². The van der Waals surface area contributed by atoms with Gasteiger partial charge in [0.05, 0.1) is 24.0 Å². The molecule has 0 spiro atoms. The van der Waals surface area contributed by atoms with Crippen LogP contribution in [0.25, 0.3) is 10.9 Å². The number of carbonyl (C=O) groups excluding carboxylic acids is 1. The summed E-state index contributed by atoms with van der Waals surface area (Å²) < 4.78 is 36.2. The van der Waals surface area contributed by atoms with Gasteiger partial charge in [0, 0.05) is 31.5 Å². The van der Waals surface area contributed by atoms with Gasteiger partial charge in [0.1, 0.15) is 19.1 Å². The lowest BCUT2D eigenvalue weighted by Crippen LogP contribution is -2.44. The highest BCUT2D eigenvalue weighted by Crippen LogP contribution is 2.26. The fraction of sp³-hybridized carbons (Fsp3) is 0.357. The quantitative estimate of drug-likeness (QED) is 0.290. The van der Waals surface area contributed by atoms with Crippen molar-refractivity contribution in [2.24, 2.45) is 0 Å². The first-order valence-corrected chi connectivity index (χ1v) is 12.8. The van der Waals surface area contributed by atoms with Crippen molar-refractivity contribution in [2.75, 3.05) is 26.4 Å². The lowest BCUT2D eigenvalue weighted by atomic mass is 10.0. The lowest BCUT2D eigenvalue weighted by molar-refractivity contribution is -0.119. The van der Waals surface area contributed by atoms with Gasteiger partial charge in [-0.05, 0) is 48.2 Å². The molecule has 11 heteroatoms. The second-order valence-corrected chi connectivity index (χ2v) is 9.67. The normalized spacial score (nSPS) is 14.3. The zero-order valence-corrected chi connectivity index (χ0v) is 21.3. The molecule has 3 heterocycles. The molecule has 204 valence electrons. The van der Waals surface area contributed by atoms with Gasteiger partial charge >= 0.3 is 5.69 Å². The fourth-order valence-electron chi connectivity index (χ4n) is 5.06. The number of carbonyl (C=O) groups is 1. The molecule has 2 aromatic carbocycles. The van der Waals surface area contributed by atoms with Crippen molar-refractivity contribution in [1.29, 1.82) is 0 Å². The van der Waals surface area contributed by atoms with Gasteiger partial charge in [0.2, 0.25) is 6.41 Å². The number of amides is 1. The number of likely N-dealkylation sites (tertiary alicyclic amines) is 1. The van der Waals surface area contributed by atoms with Crippen molar-refractivity contribution < 1.29 is 18.3 Å². The van der Waals surface area contributed by atoms with Crippen molar-refractivity contribution in [3.63, 3.8) is 0 Å². The van der Waals surface area contributed by atoms with E-state index in [-0.39, 0.29) is 23.7 Å². The summed E-state index contributed by atoms with van der Waals surface area (Å²) in [5.74, 6) is 0.147. The van der Waals surface area contributed by atoms with E-state index in [9.17, 15) is 23.2 Å². The monoisotopic (exact) mass is 537 g/mol. The van der Waals surface area contributed by atoms with Crippen LogP contribution in [0.4, 0.5) is 8.78 Å². The number of aromatic nitrogens is 4. The lowest BCUT2D eigenvalue weighted by Gasteiger charge is -2.31. The van der Waals surface area contributed by atoms with Crippen molar-refractivity contribution in [3.8, 4) is 5.75 Å². The SMILES string of the molecule is O=CN1CCC(n2c(=O)n(Cc3cccc(Cn4cccn4)c3)c(=O)c3cc(OC(CF)CF)ccc32)CC1. The molecule has 1 amide bonds. The van der Waals surface area contributed by atoms with Crippen LogP contribution in [0.2, 0.25) is 0 Å². The van der Waals surface area contributed by atoms with Gasteiger partial charge in [0.15, 0.2) is 6.10 Å². The predicted octanol–water partition coefficient (Wildman–Crippen LogP) is 2.94. The van der Waals surface area contributed by atoms with Crippen LogP contribution in [0.5, 0.6) is 5.75 Å². The van der Waals surface area contributed by atoms with Gasteiger partial charge in [-0.15, -0.1) is 0 Å². The largest absolute Gasteiger partial charge is 0.485 e. The molecule has 0 aliphatic carbocycles. The molecule has 9 nitrogen and oxygen atoms in total. The topological polar surface area (TPSA) is 91.4 Å². The summed E-state index contributed by atoms with van der Waals surface area (Å²) in [5, 5.41) is 4.44. The van der Waals surface area contributed by atoms with E-state index < -0.39 is 30.7 Å². The number of ether oxygens (including phenoxy) is 1. The maximum absolute atomic E-state index is 13.9. The molecule has 39 heavy (non-hydrogen) atoms. The van der Waals surface area contributed by atoms with E-state index in [4.69, 9.17) is 4.74 Å². The molecule has 0 saturated carbocycles. The Kier molecular flexibility index (Phi) is 7.85. The van der Waals surface area contributed by atoms with E-state index in [1.165, 1.54) is 16.7 Å². The summed E-state index contributed by atoms with van der Waals surface area (Å²) in [7, 11) is 0. The third kappa shape index (κ3) is 5.62. The highest BCUT2D eigenvalue weighted by Gasteiger charge is 2.25. The summed E-state index contributed by atoms with van der Waals surface area (Å²) in [4.78, 5) is 40.4. The van der Waals surface area contributed by atoms with Crippen molar-refractivity contribution in [3.05, 3.63) is 92.9 Å². The molecule has 1 fully saturated rings. The number of halogens is 2. The third-order valence-electron chi connectivity index (χ3n) is 7.04. The minimum atomic E-state index is -1.28. The second kappa shape index (κ2) is 11.6. The highest BCUT2D eigenvalue weighted by molar-refractivity contribution is 5.80. The number of hydrogen-bond donors (Lipinski definition) is 0. The van der Waals surface area contributed by atoms with E-state index >= 15 is 0 Å². The summed E-state index contributed by atoms with van der Waals surface area (Å²) in [6.07, 6.45) is 4.17. The Bertz CT molecular complexity index is 1550. The Morgan fingerprint density at radius 2 is 1.74 bits per heavy atom. The second-order valence-electron chi connectivity index (χ2n) is 9.67. The molecule has 0 bridgehead atoms. The summed E-state index contributed by atoms with van der Waals surface area (Å²) in [6, 6.07) is 13.7. The number of fused-ring (bicyclic) bond motifs is 1. The summed E-state index contributed by atoms with van der Waals surface area (Å²) in [6.45, 7) is -0.460. The van der Waals surface area contributed by atoms with Gasteiger partial charge in [0.25, 0.3) is 5.56 Å². The molecule has 2 aromatic heterocycles. The summed E-state index contributed by atoms with van der Waals surface area (Å²) >= 11 is 0. The van der Waals surface area contributed by atoms with E-state index in [2.05, 4.69) is 5.10 Å². The first-order chi connectivity index (χ1) is 19.0. The Labute approximate surface area is 222 Å². The maximum atomic E-state index is 13.9. The first kappa shape index (κ1) is 26.3.